The quantitative estimate of drug-likeness (QED) is 0.737. The largest absolute Gasteiger partial charge is 0.339 e. The fraction of sp³-hybridized carbons (Fsp3) is 0.600. The molecule has 1 aliphatic carbocycles. The second-order valence-corrected chi connectivity index (χ2v) is 6.28. The summed E-state index contributed by atoms with van der Waals surface area (Å²) in [4.78, 5) is 18.2. The normalized spacial score (nSPS) is 13.9. The molecule has 0 aliphatic heterocycles. The number of amides is 2. The molecule has 0 aromatic carbocycles. The number of halogens is 1. The minimum Gasteiger partial charge on any atom is -0.339 e. The van der Waals surface area contributed by atoms with E-state index in [4.69, 9.17) is 16.1 Å². The Balaban J connectivity index is 1.41. The van der Waals surface area contributed by atoms with Gasteiger partial charge in [-0.15, -0.1) is 0 Å². The van der Waals surface area contributed by atoms with E-state index in [1.54, 1.807) is 22.0 Å². The molecule has 1 fully saturated rings. The van der Waals surface area contributed by atoms with Crippen molar-refractivity contribution in [2.24, 2.45) is 0 Å². The van der Waals surface area contributed by atoms with Gasteiger partial charge >= 0.3 is 6.03 Å². The highest BCUT2D eigenvalue weighted by molar-refractivity contribution is 6.30. The Hall–Kier alpha value is -2.09. The summed E-state index contributed by atoms with van der Waals surface area (Å²) in [5.41, 5.74) is 0. The molecule has 0 spiro atoms. The number of hydrogen-bond donors (Lipinski definition) is 1. The Kier molecular flexibility index (Phi) is 5.34. The molecule has 0 bridgehead atoms. The van der Waals surface area contributed by atoms with Gasteiger partial charge in [0.2, 0.25) is 5.89 Å². The van der Waals surface area contributed by atoms with Crippen LogP contribution in [0.25, 0.3) is 0 Å². The van der Waals surface area contributed by atoms with Crippen LogP contribution in [0.4, 0.5) is 4.79 Å². The topological polar surface area (TPSA) is 89.1 Å². The molecule has 0 atom stereocenters. The number of hydrogen-bond acceptors (Lipinski definition) is 5. The monoisotopic (exact) mass is 352 g/mol. The van der Waals surface area contributed by atoms with E-state index >= 15 is 0 Å². The zero-order valence-electron chi connectivity index (χ0n) is 13.6. The van der Waals surface area contributed by atoms with Gasteiger partial charge < -0.3 is 14.7 Å². The maximum Gasteiger partial charge on any atom is 0.317 e. The summed E-state index contributed by atoms with van der Waals surface area (Å²) in [6, 6.07) is -0.131. The Bertz CT molecular complexity index is 681. The van der Waals surface area contributed by atoms with E-state index in [0.717, 1.165) is 19.3 Å². The van der Waals surface area contributed by atoms with Crippen molar-refractivity contribution < 1.29 is 9.32 Å². The van der Waals surface area contributed by atoms with Crippen LogP contribution in [0.15, 0.2) is 16.9 Å². The predicted octanol–water partition coefficient (Wildman–Crippen LogP) is 2.42. The molecule has 9 heteroatoms. The van der Waals surface area contributed by atoms with E-state index in [-0.39, 0.29) is 6.03 Å². The number of nitrogens with one attached hydrogen (secondary N) is 1. The molecular formula is C15H21ClN6O2. The predicted molar refractivity (Wildman–Crippen MR) is 87.6 cm³/mol. The molecule has 2 aromatic rings. The molecule has 0 radical (unpaired) electrons. The molecule has 2 heterocycles. The van der Waals surface area contributed by atoms with Crippen molar-refractivity contribution in [3.05, 3.63) is 29.1 Å². The fourth-order valence-electron chi connectivity index (χ4n) is 2.33. The molecule has 0 unspecified atom stereocenters. The van der Waals surface area contributed by atoms with Crippen LogP contribution in [-0.2, 0) is 13.1 Å². The van der Waals surface area contributed by atoms with E-state index in [2.05, 4.69) is 20.6 Å². The summed E-state index contributed by atoms with van der Waals surface area (Å²) in [5.74, 6) is 1.67. The maximum absolute atomic E-state index is 12.2. The standard InChI is InChI=1S/C15H21ClN6O2/c1-2-21(10-13-19-14(24-20-13)11-4-5-11)15(23)17-6-3-7-22-9-12(16)8-18-22/h8-9,11H,2-7,10H2,1H3,(H,17,23). The van der Waals surface area contributed by atoms with Crippen LogP contribution < -0.4 is 5.32 Å². The first-order valence-corrected chi connectivity index (χ1v) is 8.56. The number of carbonyl (C=O) groups is 1. The number of nitrogens with zero attached hydrogens (tertiary/aromatic N) is 5. The Morgan fingerprint density at radius 2 is 2.38 bits per heavy atom. The van der Waals surface area contributed by atoms with Gasteiger partial charge in [-0.25, -0.2) is 4.79 Å². The Morgan fingerprint density at radius 3 is 3.04 bits per heavy atom. The van der Waals surface area contributed by atoms with Gasteiger partial charge in [-0.1, -0.05) is 16.8 Å². The lowest BCUT2D eigenvalue weighted by Gasteiger charge is -2.19. The van der Waals surface area contributed by atoms with Crippen molar-refractivity contribution in [2.75, 3.05) is 13.1 Å². The van der Waals surface area contributed by atoms with Crippen LogP contribution in [0, 0.1) is 0 Å². The number of aryl methyl sites for hydroxylation is 1. The minimum absolute atomic E-state index is 0.131. The van der Waals surface area contributed by atoms with Crippen LogP contribution in [0.3, 0.4) is 0 Å². The SMILES string of the molecule is CCN(Cc1noc(C2CC2)n1)C(=O)NCCCn1cc(Cl)cn1. The molecule has 130 valence electrons. The van der Waals surface area contributed by atoms with Crippen LogP contribution in [0.5, 0.6) is 0 Å². The van der Waals surface area contributed by atoms with E-state index in [9.17, 15) is 4.79 Å². The Labute approximate surface area is 145 Å². The van der Waals surface area contributed by atoms with Gasteiger partial charge in [0.05, 0.1) is 17.8 Å². The second kappa shape index (κ2) is 7.65. The van der Waals surface area contributed by atoms with Crippen LogP contribution in [0.1, 0.15) is 43.8 Å². The van der Waals surface area contributed by atoms with Gasteiger partial charge in [-0.2, -0.15) is 10.1 Å². The van der Waals surface area contributed by atoms with Gasteiger partial charge in [-0.05, 0) is 26.2 Å². The van der Waals surface area contributed by atoms with Crippen LogP contribution in [0.2, 0.25) is 5.02 Å². The number of carbonyl (C=O) groups excluding carboxylic acids is 1. The molecular weight excluding hydrogens is 332 g/mol. The first-order chi connectivity index (χ1) is 11.7. The van der Waals surface area contributed by atoms with Crippen molar-refractivity contribution in [2.45, 2.75) is 45.2 Å². The fourth-order valence-corrected chi connectivity index (χ4v) is 2.49. The summed E-state index contributed by atoms with van der Waals surface area (Å²) in [7, 11) is 0. The second-order valence-electron chi connectivity index (χ2n) is 5.84. The highest BCUT2D eigenvalue weighted by Crippen LogP contribution is 2.38. The van der Waals surface area contributed by atoms with E-state index < -0.39 is 0 Å². The Morgan fingerprint density at radius 1 is 1.54 bits per heavy atom. The van der Waals surface area contributed by atoms with Crippen molar-refractivity contribution >= 4 is 17.6 Å². The maximum atomic E-state index is 12.2. The summed E-state index contributed by atoms with van der Waals surface area (Å²) in [6.07, 6.45) is 6.35. The molecule has 0 saturated heterocycles. The average Bonchev–Trinajstić information content (AvgIpc) is 3.18. The lowest BCUT2D eigenvalue weighted by atomic mass is 10.4. The summed E-state index contributed by atoms with van der Waals surface area (Å²) in [6.45, 7) is 4.12. The molecule has 2 aromatic heterocycles. The van der Waals surface area contributed by atoms with Crippen molar-refractivity contribution in [3.63, 3.8) is 0 Å². The van der Waals surface area contributed by atoms with Gasteiger partial charge in [0, 0.05) is 31.7 Å². The van der Waals surface area contributed by atoms with E-state index in [1.165, 1.54) is 0 Å². The van der Waals surface area contributed by atoms with Crippen molar-refractivity contribution in [1.82, 2.24) is 30.1 Å². The molecule has 3 rings (SSSR count). The molecule has 24 heavy (non-hydrogen) atoms. The first kappa shape index (κ1) is 16.8. The molecule has 2 amide bonds. The summed E-state index contributed by atoms with van der Waals surface area (Å²) in [5, 5.41) is 11.6. The van der Waals surface area contributed by atoms with E-state index in [0.29, 0.717) is 48.8 Å². The number of rotatable bonds is 8. The van der Waals surface area contributed by atoms with Crippen LogP contribution in [-0.4, -0.2) is 43.9 Å². The lowest BCUT2D eigenvalue weighted by Crippen LogP contribution is -2.40. The summed E-state index contributed by atoms with van der Waals surface area (Å²) >= 11 is 5.81. The average molecular weight is 353 g/mol. The van der Waals surface area contributed by atoms with E-state index in [1.807, 2.05) is 6.92 Å². The zero-order chi connectivity index (χ0) is 16.9. The van der Waals surface area contributed by atoms with Gasteiger partial charge in [0.15, 0.2) is 5.82 Å². The van der Waals surface area contributed by atoms with Crippen molar-refractivity contribution in [1.29, 1.82) is 0 Å². The molecule has 1 N–H and O–H groups in total. The van der Waals surface area contributed by atoms with Gasteiger partial charge in [0.25, 0.3) is 0 Å². The number of aromatic nitrogens is 4. The highest BCUT2D eigenvalue weighted by atomic mass is 35.5. The van der Waals surface area contributed by atoms with Gasteiger partial charge in [-0.3, -0.25) is 4.68 Å². The first-order valence-electron chi connectivity index (χ1n) is 8.19. The lowest BCUT2D eigenvalue weighted by molar-refractivity contribution is 0.195. The zero-order valence-corrected chi connectivity index (χ0v) is 14.4. The number of urea groups is 1. The van der Waals surface area contributed by atoms with Crippen molar-refractivity contribution in [3.8, 4) is 0 Å². The third-order valence-corrected chi connectivity index (χ3v) is 4.05. The third-order valence-electron chi connectivity index (χ3n) is 3.85. The molecule has 1 aliphatic rings. The highest BCUT2D eigenvalue weighted by Gasteiger charge is 2.30. The van der Waals surface area contributed by atoms with Gasteiger partial charge in [0.1, 0.15) is 0 Å². The third kappa shape index (κ3) is 4.47. The molecule has 1 saturated carbocycles. The van der Waals surface area contributed by atoms with Crippen LogP contribution >= 0.6 is 11.6 Å². The molecule has 8 nitrogen and oxygen atoms in total. The summed E-state index contributed by atoms with van der Waals surface area (Å²) < 4.78 is 6.98. The minimum atomic E-state index is -0.131. The smallest absolute Gasteiger partial charge is 0.317 e.